The second-order valence-corrected chi connectivity index (χ2v) is 0.568. The molecule has 4 heteroatoms. The highest BCUT2D eigenvalue weighted by Gasteiger charge is 2.09. The van der Waals surface area contributed by atoms with E-state index in [9.17, 15) is 0 Å². The van der Waals surface area contributed by atoms with E-state index in [0.29, 0.717) is 0 Å². The fraction of sp³-hybridized carbons (Fsp3) is 0. The first-order valence-corrected chi connectivity index (χ1v) is 1.27. The minimum Gasteiger partial charge on any atom is -0.169 e. The molecule has 0 fully saturated rings. The van der Waals surface area contributed by atoms with Gasteiger partial charge in [-0.05, 0) is 14.9 Å². The first-order valence-electron chi connectivity index (χ1n) is 1.27. The van der Waals surface area contributed by atoms with Crippen LogP contribution in [0.25, 0.3) is 14.9 Å². The summed E-state index contributed by atoms with van der Waals surface area (Å²) in [5, 5.41) is 0.250. The maximum absolute atomic E-state index is 6.08. The first-order chi connectivity index (χ1) is 3.35. The van der Waals surface area contributed by atoms with E-state index in [4.69, 9.17) is 19.7 Å². The molecule has 0 aromatic rings. The van der Waals surface area contributed by atoms with Gasteiger partial charge in [-0.2, -0.15) is 19.7 Å². The molecule has 0 aliphatic rings. The van der Waals surface area contributed by atoms with Crippen molar-refractivity contribution in [3.8, 4) is 0 Å². The average molecular weight is 92.1 g/mol. The van der Waals surface area contributed by atoms with Crippen molar-refractivity contribution in [1.29, 1.82) is 0 Å². The quantitative estimate of drug-likeness (QED) is 0.319. The summed E-state index contributed by atoms with van der Waals surface area (Å²) in [6, 6.07) is 0. The van der Waals surface area contributed by atoms with Crippen LogP contribution < -0.4 is 0 Å². The van der Waals surface area contributed by atoms with Crippen molar-refractivity contribution in [1.82, 2.24) is 5.23 Å². The topological polar surface area (TPSA) is 16.3 Å². The summed E-state index contributed by atoms with van der Waals surface area (Å²) >= 11 is 0. The van der Waals surface area contributed by atoms with Gasteiger partial charge in [-0.25, -0.2) is 0 Å². The highest BCUT2D eigenvalue weighted by Crippen LogP contribution is 1.86. The summed E-state index contributed by atoms with van der Waals surface area (Å²) < 4.78 is 0. The third-order valence-corrected chi connectivity index (χ3v) is 0.268. The van der Waals surface area contributed by atoms with Crippen molar-refractivity contribution >= 4 is 0 Å². The van der Waals surface area contributed by atoms with E-state index in [1.807, 2.05) is 0 Å². The fourth-order valence-electron chi connectivity index (χ4n) is 0.0671. The van der Waals surface area contributed by atoms with Gasteiger partial charge < -0.3 is 0 Å². The predicted molar refractivity (Wildman–Crippen MR) is 21.6 cm³/mol. The molecular weight excluding hydrogens is 92.1 g/mol. The zero-order chi connectivity index (χ0) is 5.70. The Morgan fingerprint density at radius 1 is 0.857 bits per heavy atom. The van der Waals surface area contributed by atoms with Crippen molar-refractivity contribution in [3.63, 3.8) is 0 Å². The molecule has 0 radical (unpaired) electrons. The molecule has 0 atom stereocenters. The van der Waals surface area contributed by atoms with Gasteiger partial charge in [-0.3, -0.25) is 0 Å². The Bertz CT molecular complexity index is 130. The summed E-state index contributed by atoms with van der Waals surface area (Å²) in [4.78, 5) is 7.50. The van der Waals surface area contributed by atoms with Crippen LogP contribution in [0.3, 0.4) is 0 Å². The van der Waals surface area contributed by atoms with E-state index in [1.54, 1.807) is 0 Å². The summed E-state index contributed by atoms with van der Waals surface area (Å²) in [6.45, 7) is 18.2. The van der Waals surface area contributed by atoms with E-state index in [0.717, 1.165) is 0 Å². The van der Waals surface area contributed by atoms with Crippen molar-refractivity contribution in [2.24, 2.45) is 0 Å². The normalized spacial score (nSPS) is 4.71. The molecule has 0 aliphatic heterocycles. The van der Waals surface area contributed by atoms with Crippen LogP contribution in [0.5, 0.6) is 0 Å². The standard InChI is InChI=1S/C3N4/c1-4-7(5-2)6-3. The molecular formula is C3N4. The zero-order valence-corrected chi connectivity index (χ0v) is 3.29. The smallest absolute Gasteiger partial charge is 0.169 e. The third-order valence-electron chi connectivity index (χ3n) is 0.268. The van der Waals surface area contributed by atoms with Crippen LogP contribution in [0, 0.1) is 19.7 Å². The summed E-state index contributed by atoms with van der Waals surface area (Å²) in [5.41, 5.74) is 0. The van der Waals surface area contributed by atoms with Crippen molar-refractivity contribution in [2.45, 2.75) is 0 Å². The van der Waals surface area contributed by atoms with Gasteiger partial charge in [0.2, 0.25) is 0 Å². The lowest BCUT2D eigenvalue weighted by Crippen LogP contribution is -1.85. The summed E-state index contributed by atoms with van der Waals surface area (Å²) in [5.74, 6) is 0. The molecule has 0 amide bonds. The first kappa shape index (κ1) is 5.27. The molecule has 0 unspecified atom stereocenters. The highest BCUT2D eigenvalue weighted by molar-refractivity contribution is 4.66. The lowest BCUT2D eigenvalue weighted by Gasteiger charge is -1.62. The molecule has 7 heavy (non-hydrogen) atoms. The maximum Gasteiger partial charge on any atom is 0.560 e. The Balaban J connectivity index is 3.82. The number of hydrogen-bond donors (Lipinski definition) is 0. The Kier molecular flexibility index (Phi) is 1.89. The van der Waals surface area contributed by atoms with E-state index in [2.05, 4.69) is 14.9 Å². The minimum atomic E-state index is 0.250. The minimum absolute atomic E-state index is 0.250. The molecule has 0 aliphatic carbocycles. The molecule has 32 valence electrons. The maximum atomic E-state index is 6.08. The Morgan fingerprint density at radius 3 is 1.14 bits per heavy atom. The average Bonchev–Trinajstić information content (AvgIpc) is 1.72. The molecule has 0 heterocycles. The number of hydrogen-bond acceptors (Lipinski definition) is 1. The zero-order valence-electron chi connectivity index (χ0n) is 3.29. The Labute approximate surface area is 40.9 Å². The molecule has 0 spiro atoms. The van der Waals surface area contributed by atoms with Gasteiger partial charge in [0.05, 0.1) is 0 Å². The van der Waals surface area contributed by atoms with Gasteiger partial charge in [0.1, 0.15) is 0 Å². The number of rotatable bonds is 0. The third kappa shape index (κ3) is 1.21. The van der Waals surface area contributed by atoms with Crippen LogP contribution in [0.15, 0.2) is 0 Å². The van der Waals surface area contributed by atoms with Crippen LogP contribution in [-0.4, -0.2) is 5.23 Å². The fourth-order valence-corrected chi connectivity index (χ4v) is 0.0671. The SMILES string of the molecule is [C-]#[N+]N([N+]#[C-])[N+]#[C-]. The van der Waals surface area contributed by atoms with E-state index < -0.39 is 0 Å². The van der Waals surface area contributed by atoms with Gasteiger partial charge in [-0.15, -0.1) is 0 Å². The van der Waals surface area contributed by atoms with Gasteiger partial charge in [0.15, 0.2) is 0 Å². The monoisotopic (exact) mass is 92.0 g/mol. The van der Waals surface area contributed by atoms with Crippen LogP contribution in [-0.2, 0) is 0 Å². The molecule has 0 rings (SSSR count). The highest BCUT2D eigenvalue weighted by atomic mass is 15.8. The van der Waals surface area contributed by atoms with Crippen molar-refractivity contribution < 1.29 is 0 Å². The van der Waals surface area contributed by atoms with Gasteiger partial charge in [-0.1, -0.05) is 0 Å². The van der Waals surface area contributed by atoms with Gasteiger partial charge in [0, 0.05) is 0 Å². The lowest BCUT2D eigenvalue weighted by molar-refractivity contribution is 0.669. The number of nitrogens with zero attached hydrogens (tertiary/aromatic N) is 4. The molecule has 0 aromatic heterocycles. The molecule has 4 nitrogen and oxygen atoms in total. The molecule has 0 saturated heterocycles. The Hall–Kier alpha value is -1.73. The molecule has 0 bridgehead atoms. The van der Waals surface area contributed by atoms with E-state index in [-0.39, 0.29) is 5.23 Å². The second-order valence-electron chi connectivity index (χ2n) is 0.568. The van der Waals surface area contributed by atoms with Crippen LogP contribution in [0.1, 0.15) is 0 Å². The summed E-state index contributed by atoms with van der Waals surface area (Å²) in [7, 11) is 0. The largest absolute Gasteiger partial charge is 0.560 e. The van der Waals surface area contributed by atoms with Crippen LogP contribution >= 0.6 is 0 Å². The van der Waals surface area contributed by atoms with Gasteiger partial charge >= 0.3 is 5.23 Å². The Morgan fingerprint density at radius 2 is 1.14 bits per heavy atom. The van der Waals surface area contributed by atoms with Crippen LogP contribution in [0.4, 0.5) is 0 Å². The van der Waals surface area contributed by atoms with Crippen LogP contribution in [0.2, 0.25) is 0 Å². The molecule has 0 aromatic carbocycles. The summed E-state index contributed by atoms with van der Waals surface area (Å²) in [6.07, 6.45) is 0. The molecule has 0 N–H and O–H groups in total. The predicted octanol–water partition coefficient (Wildman–Crippen LogP) is 0.791. The van der Waals surface area contributed by atoms with E-state index in [1.165, 1.54) is 0 Å². The second kappa shape index (κ2) is 2.50. The van der Waals surface area contributed by atoms with Crippen molar-refractivity contribution in [3.05, 3.63) is 34.6 Å². The van der Waals surface area contributed by atoms with Crippen molar-refractivity contribution in [2.75, 3.05) is 0 Å². The van der Waals surface area contributed by atoms with Gasteiger partial charge in [0.25, 0.3) is 0 Å². The molecule has 0 saturated carbocycles. The van der Waals surface area contributed by atoms with E-state index >= 15 is 0 Å². The lowest BCUT2D eigenvalue weighted by atomic mass is 11.7.